The zero-order valence-corrected chi connectivity index (χ0v) is 12.8. The van der Waals surface area contributed by atoms with Crippen molar-refractivity contribution in [1.29, 1.82) is 5.26 Å². The number of fused-ring (bicyclic) bond motifs is 1. The molecule has 2 aromatic carbocycles. The molecule has 0 radical (unpaired) electrons. The van der Waals surface area contributed by atoms with Gasteiger partial charge in [-0.15, -0.1) is 0 Å². The van der Waals surface area contributed by atoms with Crippen molar-refractivity contribution in [2.45, 2.75) is 0 Å². The van der Waals surface area contributed by atoms with Crippen LogP contribution in [0.1, 0.15) is 11.1 Å². The highest BCUT2D eigenvalue weighted by Crippen LogP contribution is 2.37. The molecule has 0 N–H and O–H groups in total. The fraction of sp³-hybridized carbons (Fsp3) is 0.167. The summed E-state index contributed by atoms with van der Waals surface area (Å²) in [4.78, 5) is 0. The second kappa shape index (κ2) is 6.32. The molecule has 0 bridgehead atoms. The van der Waals surface area contributed by atoms with Gasteiger partial charge in [-0.2, -0.15) is 5.26 Å². The minimum absolute atomic E-state index is 0.211. The Bertz CT molecular complexity index is 783. The maximum absolute atomic E-state index is 9.16. The molecular weight excluding hydrogens is 294 g/mol. The van der Waals surface area contributed by atoms with Crippen molar-refractivity contribution in [2.75, 3.05) is 21.0 Å². The summed E-state index contributed by atoms with van der Waals surface area (Å²) in [6.07, 6.45) is 1.49. The van der Waals surface area contributed by atoms with Crippen LogP contribution in [-0.2, 0) is 0 Å². The van der Waals surface area contributed by atoms with Gasteiger partial charge in [0.1, 0.15) is 11.5 Å². The van der Waals surface area contributed by atoms with Crippen molar-refractivity contribution >= 4 is 5.57 Å². The van der Waals surface area contributed by atoms with Crippen LogP contribution in [0.15, 0.2) is 42.5 Å². The molecule has 0 atom stereocenters. The number of rotatable bonds is 4. The van der Waals surface area contributed by atoms with Gasteiger partial charge in [0.25, 0.3) is 0 Å². The Hall–Kier alpha value is -3.13. The average Bonchev–Trinajstić information content (AvgIpc) is 3.06. The number of nitriles is 1. The molecule has 1 heterocycles. The van der Waals surface area contributed by atoms with Crippen LogP contribution < -0.4 is 18.9 Å². The zero-order valence-electron chi connectivity index (χ0n) is 12.8. The highest BCUT2D eigenvalue weighted by molar-refractivity contribution is 5.83. The Kier molecular flexibility index (Phi) is 4.07. The van der Waals surface area contributed by atoms with Crippen LogP contribution in [0.4, 0.5) is 0 Å². The summed E-state index contributed by atoms with van der Waals surface area (Å²) in [5, 5.41) is 9.16. The number of allylic oxidation sites excluding steroid dienone is 1. The fourth-order valence-electron chi connectivity index (χ4n) is 2.42. The predicted octanol–water partition coefficient (Wildman–Crippen LogP) is 3.39. The van der Waals surface area contributed by atoms with Crippen molar-refractivity contribution in [3.05, 3.63) is 53.6 Å². The normalized spacial score (nSPS) is 12.7. The lowest BCUT2D eigenvalue weighted by atomic mass is 9.97. The van der Waals surface area contributed by atoms with Gasteiger partial charge in [0, 0.05) is 12.1 Å². The zero-order chi connectivity index (χ0) is 16.2. The van der Waals surface area contributed by atoms with Crippen LogP contribution >= 0.6 is 0 Å². The average molecular weight is 309 g/mol. The molecule has 0 aliphatic carbocycles. The smallest absolute Gasteiger partial charge is 0.231 e. The minimum atomic E-state index is 0.211. The first-order valence-corrected chi connectivity index (χ1v) is 6.98. The lowest BCUT2D eigenvalue weighted by molar-refractivity contribution is 0.174. The molecule has 116 valence electrons. The van der Waals surface area contributed by atoms with Crippen LogP contribution in [0.5, 0.6) is 23.0 Å². The van der Waals surface area contributed by atoms with E-state index in [0.717, 1.165) is 16.7 Å². The van der Waals surface area contributed by atoms with E-state index >= 15 is 0 Å². The lowest BCUT2D eigenvalue weighted by Crippen LogP contribution is -1.93. The van der Waals surface area contributed by atoms with Crippen LogP contribution in [0.3, 0.4) is 0 Å². The molecule has 0 unspecified atom stereocenters. The van der Waals surface area contributed by atoms with E-state index in [1.54, 1.807) is 20.3 Å². The summed E-state index contributed by atoms with van der Waals surface area (Å²) in [5.74, 6) is 2.68. The molecule has 0 saturated heterocycles. The van der Waals surface area contributed by atoms with Gasteiger partial charge in [0.2, 0.25) is 6.79 Å². The van der Waals surface area contributed by atoms with Gasteiger partial charge in [-0.3, -0.25) is 0 Å². The molecule has 1 aliphatic heterocycles. The summed E-state index contributed by atoms with van der Waals surface area (Å²) in [6, 6.07) is 13.2. The van der Waals surface area contributed by atoms with E-state index in [4.69, 9.17) is 24.2 Å². The van der Waals surface area contributed by atoms with E-state index in [2.05, 4.69) is 6.07 Å². The number of ether oxygens (including phenoxy) is 4. The van der Waals surface area contributed by atoms with Crippen molar-refractivity contribution in [1.82, 2.24) is 0 Å². The number of hydrogen-bond acceptors (Lipinski definition) is 5. The Morgan fingerprint density at radius 1 is 1.00 bits per heavy atom. The Morgan fingerprint density at radius 2 is 1.70 bits per heavy atom. The molecule has 0 saturated carbocycles. The standard InChI is InChI=1S/C18H15NO4/c1-20-14-7-13(8-15(10-14)21-2)16(5-6-19)12-3-4-17-18(9-12)23-11-22-17/h3-5,7-10H,11H2,1-2H3/b16-5+. The van der Waals surface area contributed by atoms with E-state index in [0.29, 0.717) is 23.0 Å². The molecule has 0 aromatic heterocycles. The third-order valence-electron chi connectivity index (χ3n) is 3.55. The molecule has 1 aliphatic rings. The van der Waals surface area contributed by atoms with Crippen molar-refractivity contribution < 1.29 is 18.9 Å². The van der Waals surface area contributed by atoms with E-state index < -0.39 is 0 Å². The SMILES string of the molecule is COc1cc(OC)cc(/C(=C/C#N)c2ccc3c(c2)OCO3)c1. The summed E-state index contributed by atoms with van der Waals surface area (Å²) < 4.78 is 21.3. The number of hydrogen-bond donors (Lipinski definition) is 0. The highest BCUT2D eigenvalue weighted by Gasteiger charge is 2.16. The van der Waals surface area contributed by atoms with Crippen LogP contribution in [0.25, 0.3) is 5.57 Å². The molecule has 5 nitrogen and oxygen atoms in total. The second-order valence-corrected chi connectivity index (χ2v) is 4.86. The molecular formula is C18H15NO4. The van der Waals surface area contributed by atoms with Gasteiger partial charge in [0.15, 0.2) is 11.5 Å². The first-order chi connectivity index (χ1) is 11.2. The van der Waals surface area contributed by atoms with Crippen LogP contribution in [-0.4, -0.2) is 21.0 Å². The van der Waals surface area contributed by atoms with Gasteiger partial charge in [-0.1, -0.05) is 6.07 Å². The molecule has 0 spiro atoms. The van der Waals surface area contributed by atoms with Crippen molar-refractivity contribution in [3.8, 4) is 29.1 Å². The molecule has 5 heteroatoms. The van der Waals surface area contributed by atoms with Crippen LogP contribution in [0, 0.1) is 11.3 Å². The third-order valence-corrected chi connectivity index (χ3v) is 3.55. The Morgan fingerprint density at radius 3 is 2.35 bits per heavy atom. The predicted molar refractivity (Wildman–Crippen MR) is 84.8 cm³/mol. The fourth-order valence-corrected chi connectivity index (χ4v) is 2.42. The van der Waals surface area contributed by atoms with Gasteiger partial charge in [0.05, 0.1) is 20.3 Å². The Balaban J connectivity index is 2.10. The van der Waals surface area contributed by atoms with E-state index in [1.165, 1.54) is 6.08 Å². The molecule has 2 aromatic rings. The highest BCUT2D eigenvalue weighted by atomic mass is 16.7. The van der Waals surface area contributed by atoms with E-state index in [9.17, 15) is 0 Å². The van der Waals surface area contributed by atoms with Gasteiger partial charge < -0.3 is 18.9 Å². The molecule has 3 rings (SSSR count). The molecule has 23 heavy (non-hydrogen) atoms. The van der Waals surface area contributed by atoms with Gasteiger partial charge >= 0.3 is 0 Å². The Labute approximate surface area is 134 Å². The summed E-state index contributed by atoms with van der Waals surface area (Å²) in [7, 11) is 3.18. The summed E-state index contributed by atoms with van der Waals surface area (Å²) in [5.41, 5.74) is 2.43. The van der Waals surface area contributed by atoms with E-state index in [1.807, 2.05) is 30.3 Å². The number of benzene rings is 2. The molecule has 0 amide bonds. The number of methoxy groups -OCH3 is 2. The van der Waals surface area contributed by atoms with Crippen LogP contribution in [0.2, 0.25) is 0 Å². The quantitative estimate of drug-likeness (QED) is 0.810. The van der Waals surface area contributed by atoms with Crippen molar-refractivity contribution in [2.24, 2.45) is 0 Å². The largest absolute Gasteiger partial charge is 0.497 e. The summed E-state index contributed by atoms with van der Waals surface area (Å²) >= 11 is 0. The van der Waals surface area contributed by atoms with Gasteiger partial charge in [-0.05, 0) is 41.0 Å². The third kappa shape index (κ3) is 2.92. The van der Waals surface area contributed by atoms with Crippen molar-refractivity contribution in [3.63, 3.8) is 0 Å². The monoisotopic (exact) mass is 309 g/mol. The molecule has 0 fully saturated rings. The van der Waals surface area contributed by atoms with Gasteiger partial charge in [-0.25, -0.2) is 0 Å². The first kappa shape index (κ1) is 14.8. The minimum Gasteiger partial charge on any atom is -0.497 e. The number of nitrogens with zero attached hydrogens (tertiary/aromatic N) is 1. The van der Waals surface area contributed by atoms with E-state index in [-0.39, 0.29) is 6.79 Å². The maximum atomic E-state index is 9.16. The maximum Gasteiger partial charge on any atom is 0.231 e. The summed E-state index contributed by atoms with van der Waals surface area (Å²) in [6.45, 7) is 0.211. The lowest BCUT2D eigenvalue weighted by Gasteiger charge is -2.12. The topological polar surface area (TPSA) is 60.7 Å². The first-order valence-electron chi connectivity index (χ1n) is 6.98. The second-order valence-electron chi connectivity index (χ2n) is 4.86.